The van der Waals surface area contributed by atoms with Crippen molar-refractivity contribution >= 4 is 11.5 Å². The van der Waals surface area contributed by atoms with Gasteiger partial charge in [-0.2, -0.15) is 0 Å². The van der Waals surface area contributed by atoms with Crippen LogP contribution in [0, 0.1) is 5.92 Å². The fourth-order valence-electron chi connectivity index (χ4n) is 4.00. The quantitative estimate of drug-likeness (QED) is 0.789. The second-order valence-electron chi connectivity index (χ2n) is 7.85. The summed E-state index contributed by atoms with van der Waals surface area (Å²) < 4.78 is 0. The molecule has 0 bridgehead atoms. The molecule has 23 heavy (non-hydrogen) atoms. The molecule has 1 aromatic carbocycles. The van der Waals surface area contributed by atoms with Crippen LogP contribution in [0.4, 0.5) is 0 Å². The largest absolute Gasteiger partial charge is 0.379 e. The smallest absolute Gasteiger partial charge is 0.160 e. The fraction of sp³-hybridized carbons (Fsp3) is 0.571. The van der Waals surface area contributed by atoms with Gasteiger partial charge in [-0.1, -0.05) is 56.4 Å². The fourth-order valence-corrected chi connectivity index (χ4v) is 4.00. The van der Waals surface area contributed by atoms with Crippen LogP contribution in [0.2, 0.25) is 0 Å². The molecule has 0 aromatic heterocycles. The van der Waals surface area contributed by atoms with E-state index >= 15 is 0 Å². The van der Waals surface area contributed by atoms with E-state index in [1.807, 2.05) is 6.08 Å². The number of benzene rings is 1. The molecule has 1 aliphatic heterocycles. The highest BCUT2D eigenvalue weighted by Crippen LogP contribution is 2.30. The van der Waals surface area contributed by atoms with Crippen LogP contribution in [0.15, 0.2) is 30.3 Å². The van der Waals surface area contributed by atoms with Crippen molar-refractivity contribution in [1.82, 2.24) is 5.32 Å². The summed E-state index contributed by atoms with van der Waals surface area (Å²) >= 11 is 0. The van der Waals surface area contributed by atoms with Gasteiger partial charge in [-0.25, -0.2) is 0 Å². The number of fused-ring (bicyclic) bond motifs is 1. The average molecular weight is 311 g/mol. The Balaban J connectivity index is 1.84. The first-order valence-electron chi connectivity index (χ1n) is 9.17. The zero-order valence-corrected chi connectivity index (χ0v) is 14.5. The minimum atomic E-state index is 0.00139. The van der Waals surface area contributed by atoms with Crippen molar-refractivity contribution in [3.05, 3.63) is 41.5 Å². The lowest BCUT2D eigenvalue weighted by Crippen LogP contribution is -2.44. The van der Waals surface area contributed by atoms with Gasteiger partial charge >= 0.3 is 0 Å². The molecule has 0 amide bonds. The van der Waals surface area contributed by atoms with Crippen LogP contribution < -0.4 is 5.32 Å². The number of rotatable bonds is 2. The van der Waals surface area contributed by atoms with Gasteiger partial charge in [-0.15, -0.1) is 0 Å². The summed E-state index contributed by atoms with van der Waals surface area (Å²) in [4.78, 5) is 12.8. The molecule has 124 valence electrons. The standard InChI is InChI=1S/C21H29NO/c1-21(2)15-17-12-8-9-13-18(17)19(22-21)14-20(23)16-10-6-4-3-5-7-11-16/h8-9,12-14,16,22H,3-7,10-11,15H2,1-2H3. The summed E-state index contributed by atoms with van der Waals surface area (Å²) in [6.45, 7) is 4.41. The van der Waals surface area contributed by atoms with Gasteiger partial charge in [0.2, 0.25) is 0 Å². The maximum atomic E-state index is 12.8. The maximum Gasteiger partial charge on any atom is 0.160 e. The third kappa shape index (κ3) is 4.04. The summed E-state index contributed by atoms with van der Waals surface area (Å²) in [5.74, 6) is 0.545. The second kappa shape index (κ2) is 6.90. The maximum absolute atomic E-state index is 12.8. The van der Waals surface area contributed by atoms with E-state index in [9.17, 15) is 4.79 Å². The number of nitrogens with one attached hydrogen (secondary N) is 1. The van der Waals surface area contributed by atoms with Crippen LogP contribution in [-0.4, -0.2) is 11.3 Å². The number of hydrogen-bond donors (Lipinski definition) is 1. The van der Waals surface area contributed by atoms with Gasteiger partial charge in [0.15, 0.2) is 5.78 Å². The first-order chi connectivity index (χ1) is 11.1. The van der Waals surface area contributed by atoms with E-state index in [-0.39, 0.29) is 11.5 Å². The zero-order valence-electron chi connectivity index (χ0n) is 14.5. The minimum Gasteiger partial charge on any atom is -0.379 e. The van der Waals surface area contributed by atoms with Crippen LogP contribution in [0.3, 0.4) is 0 Å². The topological polar surface area (TPSA) is 29.1 Å². The van der Waals surface area contributed by atoms with Crippen LogP contribution in [0.25, 0.3) is 5.70 Å². The monoisotopic (exact) mass is 311 g/mol. The van der Waals surface area contributed by atoms with E-state index in [0.29, 0.717) is 5.78 Å². The summed E-state index contributed by atoms with van der Waals surface area (Å²) in [6, 6.07) is 8.47. The Labute approximate surface area is 140 Å². The van der Waals surface area contributed by atoms with E-state index in [4.69, 9.17) is 0 Å². The van der Waals surface area contributed by atoms with E-state index in [2.05, 4.69) is 43.4 Å². The third-order valence-electron chi connectivity index (χ3n) is 5.21. The van der Waals surface area contributed by atoms with Crippen LogP contribution in [0.5, 0.6) is 0 Å². The Hall–Kier alpha value is -1.57. The predicted octanol–water partition coefficient (Wildman–Crippen LogP) is 4.88. The lowest BCUT2D eigenvalue weighted by molar-refractivity contribution is -0.118. The van der Waals surface area contributed by atoms with Crippen LogP contribution >= 0.6 is 0 Å². The van der Waals surface area contributed by atoms with Crippen molar-refractivity contribution in [3.63, 3.8) is 0 Å². The molecule has 0 spiro atoms. The molecule has 2 nitrogen and oxygen atoms in total. The molecular weight excluding hydrogens is 282 g/mol. The summed E-state index contributed by atoms with van der Waals surface area (Å²) in [5, 5.41) is 3.59. The lowest BCUT2D eigenvalue weighted by atomic mass is 9.84. The first-order valence-corrected chi connectivity index (χ1v) is 9.17. The highest BCUT2D eigenvalue weighted by molar-refractivity contribution is 5.98. The number of carbonyl (C=O) groups is 1. The summed E-state index contributed by atoms with van der Waals surface area (Å²) in [5.41, 5.74) is 3.56. The number of allylic oxidation sites excluding steroid dienone is 1. The SMILES string of the molecule is CC1(C)Cc2ccccc2C(=CC(=O)C2CCCCCCC2)N1. The molecule has 1 heterocycles. The van der Waals surface area contributed by atoms with Gasteiger partial charge in [-0.3, -0.25) is 4.79 Å². The molecule has 1 aromatic rings. The molecule has 1 aliphatic carbocycles. The van der Waals surface area contributed by atoms with Gasteiger partial charge < -0.3 is 5.32 Å². The van der Waals surface area contributed by atoms with Crippen LogP contribution in [0.1, 0.15) is 69.9 Å². The van der Waals surface area contributed by atoms with Crippen molar-refractivity contribution in [2.75, 3.05) is 0 Å². The average Bonchev–Trinajstić information content (AvgIpc) is 2.45. The Morgan fingerprint density at radius 3 is 2.48 bits per heavy atom. The molecule has 0 radical (unpaired) electrons. The number of hydrogen-bond acceptors (Lipinski definition) is 2. The molecule has 2 aliphatic rings. The van der Waals surface area contributed by atoms with E-state index < -0.39 is 0 Å². The molecule has 0 unspecified atom stereocenters. The molecule has 3 rings (SSSR count). The Kier molecular flexibility index (Phi) is 4.89. The Morgan fingerprint density at radius 2 is 1.74 bits per heavy atom. The molecule has 1 N–H and O–H groups in total. The molecular formula is C21H29NO. The van der Waals surface area contributed by atoms with Crippen LogP contribution in [-0.2, 0) is 11.2 Å². The predicted molar refractivity (Wildman–Crippen MR) is 96.2 cm³/mol. The van der Waals surface area contributed by atoms with Crippen molar-refractivity contribution in [2.45, 2.75) is 70.8 Å². The highest BCUT2D eigenvalue weighted by atomic mass is 16.1. The van der Waals surface area contributed by atoms with Crippen molar-refractivity contribution < 1.29 is 4.79 Å². The normalized spacial score (nSPS) is 23.5. The third-order valence-corrected chi connectivity index (χ3v) is 5.21. The van der Waals surface area contributed by atoms with Crippen molar-refractivity contribution in [3.8, 4) is 0 Å². The molecule has 2 heteroatoms. The van der Waals surface area contributed by atoms with Gasteiger partial charge in [0.05, 0.1) is 0 Å². The van der Waals surface area contributed by atoms with E-state index in [0.717, 1.165) is 25.0 Å². The molecule has 1 fully saturated rings. The minimum absolute atomic E-state index is 0.00139. The van der Waals surface area contributed by atoms with Gasteiger partial charge in [0.25, 0.3) is 0 Å². The zero-order chi connectivity index (χ0) is 16.3. The Bertz CT molecular complexity index is 592. The van der Waals surface area contributed by atoms with E-state index in [1.165, 1.54) is 43.2 Å². The van der Waals surface area contributed by atoms with Crippen molar-refractivity contribution in [2.24, 2.45) is 5.92 Å². The Morgan fingerprint density at radius 1 is 1.09 bits per heavy atom. The molecule has 1 saturated carbocycles. The molecule has 0 atom stereocenters. The summed E-state index contributed by atoms with van der Waals surface area (Å²) in [7, 11) is 0. The van der Waals surface area contributed by atoms with Crippen molar-refractivity contribution in [1.29, 1.82) is 0 Å². The van der Waals surface area contributed by atoms with E-state index in [1.54, 1.807) is 0 Å². The number of carbonyl (C=O) groups excluding carboxylic acids is 1. The summed E-state index contributed by atoms with van der Waals surface area (Å²) in [6.07, 6.45) is 11.3. The highest BCUT2D eigenvalue weighted by Gasteiger charge is 2.28. The van der Waals surface area contributed by atoms with Gasteiger partial charge in [0.1, 0.15) is 0 Å². The second-order valence-corrected chi connectivity index (χ2v) is 7.85. The lowest BCUT2D eigenvalue weighted by Gasteiger charge is -2.35. The number of ketones is 1. The molecule has 0 saturated heterocycles. The van der Waals surface area contributed by atoms with Gasteiger partial charge in [0, 0.05) is 28.8 Å². The van der Waals surface area contributed by atoms with Gasteiger partial charge in [-0.05, 0) is 38.7 Å². The first kappa shape index (κ1) is 16.3.